The first kappa shape index (κ1) is 19.1. The van der Waals surface area contributed by atoms with Crippen LogP contribution in [0.4, 0.5) is 11.8 Å². The zero-order chi connectivity index (χ0) is 19.1. The lowest BCUT2D eigenvalue weighted by atomic mass is 10.1. The molecule has 140 valence electrons. The third-order valence-electron chi connectivity index (χ3n) is 4.27. The molecule has 0 aliphatic rings. The largest absolute Gasteiger partial charge is 0.353 e. The van der Waals surface area contributed by atoms with Gasteiger partial charge in [0.15, 0.2) is 5.82 Å². The molecule has 0 amide bonds. The lowest BCUT2D eigenvalue weighted by molar-refractivity contribution is 0.667. The molecule has 0 aliphatic heterocycles. The van der Waals surface area contributed by atoms with Crippen molar-refractivity contribution in [1.82, 2.24) is 15.2 Å². The number of aromatic nitrogens is 3. The second-order valence-corrected chi connectivity index (χ2v) is 7.09. The van der Waals surface area contributed by atoms with Crippen molar-refractivity contribution in [3.8, 4) is 0 Å². The summed E-state index contributed by atoms with van der Waals surface area (Å²) in [6.07, 6.45) is 2.58. The lowest BCUT2D eigenvalue weighted by Gasteiger charge is -2.27. The second-order valence-electron chi connectivity index (χ2n) is 6.65. The third-order valence-corrected chi connectivity index (χ3v) is 4.52. The Bertz CT molecular complexity index is 837. The van der Waals surface area contributed by atoms with E-state index in [0.717, 1.165) is 30.4 Å². The summed E-state index contributed by atoms with van der Waals surface area (Å²) in [6.45, 7) is 5.81. The van der Waals surface area contributed by atoms with Gasteiger partial charge in [-0.25, -0.2) is 0 Å². The van der Waals surface area contributed by atoms with Gasteiger partial charge < -0.3 is 10.2 Å². The Morgan fingerprint density at radius 3 is 2.44 bits per heavy atom. The van der Waals surface area contributed by atoms with Gasteiger partial charge in [-0.1, -0.05) is 54.1 Å². The van der Waals surface area contributed by atoms with Gasteiger partial charge in [-0.15, -0.1) is 5.10 Å². The number of halogens is 1. The number of rotatable bonds is 8. The summed E-state index contributed by atoms with van der Waals surface area (Å²) in [7, 11) is 0. The van der Waals surface area contributed by atoms with E-state index in [1.54, 1.807) is 6.20 Å². The first-order valence-corrected chi connectivity index (χ1v) is 9.48. The van der Waals surface area contributed by atoms with Gasteiger partial charge in [0.2, 0.25) is 5.95 Å². The standard InChI is InChI=1S/C21H24ClN5/c1-16(2)27(15-18-6-4-3-5-7-18)20-14-24-26-21(25-20)23-13-12-17-8-10-19(22)11-9-17/h3-11,14,16H,12-13,15H2,1-2H3,(H,23,25,26). The molecule has 1 aromatic heterocycles. The number of nitrogens with zero attached hydrogens (tertiary/aromatic N) is 4. The monoisotopic (exact) mass is 381 g/mol. The first-order chi connectivity index (χ1) is 13.1. The molecule has 0 atom stereocenters. The molecule has 0 saturated carbocycles. The van der Waals surface area contributed by atoms with Gasteiger partial charge in [-0.2, -0.15) is 10.1 Å². The smallest absolute Gasteiger partial charge is 0.244 e. The molecule has 27 heavy (non-hydrogen) atoms. The zero-order valence-electron chi connectivity index (χ0n) is 15.6. The average molecular weight is 382 g/mol. The normalized spacial score (nSPS) is 10.8. The van der Waals surface area contributed by atoms with Crippen molar-refractivity contribution < 1.29 is 0 Å². The van der Waals surface area contributed by atoms with E-state index >= 15 is 0 Å². The van der Waals surface area contributed by atoms with E-state index < -0.39 is 0 Å². The maximum atomic E-state index is 5.92. The maximum Gasteiger partial charge on any atom is 0.244 e. The van der Waals surface area contributed by atoms with E-state index in [4.69, 9.17) is 11.6 Å². The number of hydrogen-bond donors (Lipinski definition) is 1. The van der Waals surface area contributed by atoms with E-state index in [9.17, 15) is 0 Å². The van der Waals surface area contributed by atoms with Crippen LogP contribution in [-0.4, -0.2) is 27.8 Å². The molecular formula is C21H24ClN5. The molecule has 3 aromatic rings. The van der Waals surface area contributed by atoms with Crippen LogP contribution < -0.4 is 10.2 Å². The van der Waals surface area contributed by atoms with E-state index in [-0.39, 0.29) is 0 Å². The zero-order valence-corrected chi connectivity index (χ0v) is 16.4. The summed E-state index contributed by atoms with van der Waals surface area (Å²) in [6, 6.07) is 18.5. The van der Waals surface area contributed by atoms with Gasteiger partial charge in [0.1, 0.15) is 0 Å². The molecule has 0 unspecified atom stereocenters. The average Bonchev–Trinajstić information content (AvgIpc) is 2.68. The molecule has 1 heterocycles. The van der Waals surface area contributed by atoms with Gasteiger partial charge in [0.05, 0.1) is 6.20 Å². The molecule has 0 radical (unpaired) electrons. The van der Waals surface area contributed by atoms with Crippen LogP contribution in [0, 0.1) is 0 Å². The lowest BCUT2D eigenvalue weighted by Crippen LogP contribution is -2.31. The van der Waals surface area contributed by atoms with Crippen LogP contribution in [0.3, 0.4) is 0 Å². The summed E-state index contributed by atoms with van der Waals surface area (Å²) in [5.41, 5.74) is 2.45. The predicted molar refractivity (Wildman–Crippen MR) is 111 cm³/mol. The first-order valence-electron chi connectivity index (χ1n) is 9.10. The molecule has 1 N–H and O–H groups in total. The van der Waals surface area contributed by atoms with Crippen molar-refractivity contribution in [3.63, 3.8) is 0 Å². The molecule has 2 aromatic carbocycles. The highest BCUT2D eigenvalue weighted by Gasteiger charge is 2.14. The molecule has 0 fully saturated rings. The Morgan fingerprint density at radius 1 is 1.00 bits per heavy atom. The van der Waals surface area contributed by atoms with E-state index in [1.165, 1.54) is 11.1 Å². The Morgan fingerprint density at radius 2 is 1.74 bits per heavy atom. The SMILES string of the molecule is CC(C)N(Cc1ccccc1)c1cnnc(NCCc2ccc(Cl)cc2)n1. The Hall–Kier alpha value is -2.66. The van der Waals surface area contributed by atoms with Gasteiger partial charge in [-0.05, 0) is 43.5 Å². The van der Waals surface area contributed by atoms with Crippen molar-refractivity contribution in [2.45, 2.75) is 32.9 Å². The number of nitrogens with one attached hydrogen (secondary N) is 1. The Labute approximate surface area is 165 Å². The van der Waals surface area contributed by atoms with Crippen molar-refractivity contribution in [2.24, 2.45) is 0 Å². The highest BCUT2D eigenvalue weighted by atomic mass is 35.5. The quantitative estimate of drug-likeness (QED) is 0.618. The molecular weight excluding hydrogens is 358 g/mol. The van der Waals surface area contributed by atoms with Crippen molar-refractivity contribution in [1.29, 1.82) is 0 Å². The molecule has 6 heteroatoms. The van der Waals surface area contributed by atoms with Crippen LogP contribution in [0.25, 0.3) is 0 Å². The number of anilines is 2. The van der Waals surface area contributed by atoms with Crippen molar-refractivity contribution in [3.05, 3.63) is 76.9 Å². The van der Waals surface area contributed by atoms with Gasteiger partial charge >= 0.3 is 0 Å². The molecule has 0 aliphatic carbocycles. The Kier molecular flexibility index (Phi) is 6.60. The van der Waals surface area contributed by atoms with E-state index in [0.29, 0.717) is 12.0 Å². The molecule has 3 rings (SSSR count). The van der Waals surface area contributed by atoms with E-state index in [2.05, 4.69) is 63.5 Å². The van der Waals surface area contributed by atoms with Crippen LogP contribution in [0.5, 0.6) is 0 Å². The highest BCUT2D eigenvalue weighted by molar-refractivity contribution is 6.30. The summed E-state index contributed by atoms with van der Waals surface area (Å²) in [4.78, 5) is 6.87. The van der Waals surface area contributed by atoms with Crippen molar-refractivity contribution >= 4 is 23.4 Å². The fourth-order valence-corrected chi connectivity index (χ4v) is 2.91. The van der Waals surface area contributed by atoms with Crippen LogP contribution >= 0.6 is 11.6 Å². The maximum absolute atomic E-state index is 5.92. The molecule has 0 bridgehead atoms. The van der Waals surface area contributed by atoms with Crippen LogP contribution in [0.1, 0.15) is 25.0 Å². The second kappa shape index (κ2) is 9.33. The number of hydrogen-bond acceptors (Lipinski definition) is 5. The molecule has 0 saturated heterocycles. The Balaban J connectivity index is 1.64. The summed E-state index contributed by atoms with van der Waals surface area (Å²) < 4.78 is 0. The minimum Gasteiger partial charge on any atom is -0.353 e. The summed E-state index contributed by atoms with van der Waals surface area (Å²) in [5, 5.41) is 12.3. The van der Waals surface area contributed by atoms with Gasteiger partial charge in [-0.3, -0.25) is 0 Å². The van der Waals surface area contributed by atoms with Crippen LogP contribution in [-0.2, 0) is 13.0 Å². The van der Waals surface area contributed by atoms with Crippen LogP contribution in [0.2, 0.25) is 5.02 Å². The summed E-state index contributed by atoms with van der Waals surface area (Å²) in [5.74, 6) is 1.36. The predicted octanol–water partition coefficient (Wildman–Crippen LogP) is 4.59. The highest BCUT2D eigenvalue weighted by Crippen LogP contribution is 2.18. The number of benzene rings is 2. The molecule has 5 nitrogen and oxygen atoms in total. The molecule has 0 spiro atoms. The van der Waals surface area contributed by atoms with Gasteiger partial charge in [0.25, 0.3) is 0 Å². The van der Waals surface area contributed by atoms with Crippen molar-refractivity contribution in [2.75, 3.05) is 16.8 Å². The minimum atomic E-state index is 0.295. The van der Waals surface area contributed by atoms with Crippen LogP contribution in [0.15, 0.2) is 60.8 Å². The fourth-order valence-electron chi connectivity index (χ4n) is 2.79. The van der Waals surface area contributed by atoms with E-state index in [1.807, 2.05) is 30.3 Å². The van der Waals surface area contributed by atoms with Gasteiger partial charge in [0, 0.05) is 24.2 Å². The fraction of sp³-hybridized carbons (Fsp3) is 0.286. The topological polar surface area (TPSA) is 53.9 Å². The minimum absolute atomic E-state index is 0.295. The third kappa shape index (κ3) is 5.66. The summed E-state index contributed by atoms with van der Waals surface area (Å²) >= 11 is 5.92.